The van der Waals surface area contributed by atoms with Crippen LogP contribution < -0.4 is 5.32 Å². The van der Waals surface area contributed by atoms with E-state index in [1.54, 1.807) is 0 Å². The third-order valence-corrected chi connectivity index (χ3v) is 3.09. The van der Waals surface area contributed by atoms with Gasteiger partial charge >= 0.3 is 0 Å². The molecule has 2 nitrogen and oxygen atoms in total. The molecule has 1 fully saturated rings. The van der Waals surface area contributed by atoms with E-state index in [2.05, 4.69) is 26.2 Å². The predicted octanol–water partition coefficient (Wildman–Crippen LogP) is 2.05. The van der Waals surface area contributed by atoms with Gasteiger partial charge in [-0.1, -0.05) is 13.8 Å². The van der Waals surface area contributed by atoms with Gasteiger partial charge in [-0.3, -0.25) is 0 Å². The molecule has 1 heterocycles. The summed E-state index contributed by atoms with van der Waals surface area (Å²) in [5, 5.41) is 3.38. The maximum absolute atomic E-state index is 5.36. The summed E-state index contributed by atoms with van der Waals surface area (Å²) in [6, 6.07) is 0.681. The Bertz CT molecular complexity index is 130. The highest BCUT2D eigenvalue weighted by Crippen LogP contribution is 2.20. The summed E-state index contributed by atoms with van der Waals surface area (Å²) in [7, 11) is 2.07. The van der Waals surface area contributed by atoms with Crippen molar-refractivity contribution in [1.82, 2.24) is 5.32 Å². The molecule has 0 saturated carbocycles. The van der Waals surface area contributed by atoms with E-state index >= 15 is 0 Å². The molecule has 1 rings (SSSR count). The second kappa shape index (κ2) is 5.61. The van der Waals surface area contributed by atoms with Crippen molar-refractivity contribution in [1.29, 1.82) is 0 Å². The number of rotatable bonds is 5. The number of ether oxygens (including phenoxy) is 1. The van der Waals surface area contributed by atoms with Crippen molar-refractivity contribution in [2.24, 2.45) is 11.8 Å². The minimum atomic E-state index is 0.681. The normalized spacial score (nSPS) is 25.4. The van der Waals surface area contributed by atoms with Crippen molar-refractivity contribution in [2.45, 2.75) is 39.2 Å². The van der Waals surface area contributed by atoms with Gasteiger partial charge < -0.3 is 10.1 Å². The van der Waals surface area contributed by atoms with Gasteiger partial charge in [-0.15, -0.1) is 0 Å². The zero-order valence-electron chi connectivity index (χ0n) is 9.18. The molecule has 78 valence electrons. The van der Waals surface area contributed by atoms with Crippen molar-refractivity contribution in [3.8, 4) is 0 Å². The Morgan fingerprint density at radius 3 is 2.69 bits per heavy atom. The summed E-state index contributed by atoms with van der Waals surface area (Å²) in [5.41, 5.74) is 0. The highest BCUT2D eigenvalue weighted by molar-refractivity contribution is 4.72. The molecule has 1 N–H and O–H groups in total. The molecule has 0 aromatic heterocycles. The van der Waals surface area contributed by atoms with Gasteiger partial charge in [0.1, 0.15) is 0 Å². The Balaban J connectivity index is 2.15. The van der Waals surface area contributed by atoms with E-state index < -0.39 is 0 Å². The van der Waals surface area contributed by atoms with Crippen molar-refractivity contribution in [3.63, 3.8) is 0 Å². The van der Waals surface area contributed by atoms with Gasteiger partial charge in [-0.25, -0.2) is 0 Å². The number of nitrogens with one attached hydrogen (secondary N) is 1. The van der Waals surface area contributed by atoms with Crippen LogP contribution in [-0.4, -0.2) is 26.3 Å². The van der Waals surface area contributed by atoms with E-state index in [1.807, 2.05) is 0 Å². The molecule has 0 bridgehead atoms. The molecule has 1 saturated heterocycles. The molecular weight excluding hydrogens is 162 g/mol. The van der Waals surface area contributed by atoms with Crippen LogP contribution in [-0.2, 0) is 4.74 Å². The van der Waals surface area contributed by atoms with Crippen LogP contribution in [0.1, 0.15) is 33.1 Å². The molecule has 0 aliphatic carbocycles. The Kier molecular flexibility index (Phi) is 4.74. The standard InChI is InChI=1S/C11H23NO/c1-9(2)11(12-3)5-4-10-6-7-13-8-10/h9-12H,4-8H2,1-3H3. The lowest BCUT2D eigenvalue weighted by Crippen LogP contribution is -2.31. The van der Waals surface area contributed by atoms with E-state index in [-0.39, 0.29) is 0 Å². The minimum absolute atomic E-state index is 0.681. The zero-order valence-corrected chi connectivity index (χ0v) is 9.18. The fourth-order valence-corrected chi connectivity index (χ4v) is 2.04. The Morgan fingerprint density at radius 2 is 2.23 bits per heavy atom. The molecule has 1 aliphatic rings. The maximum atomic E-state index is 5.36. The summed E-state index contributed by atoms with van der Waals surface area (Å²) in [5.74, 6) is 1.57. The first kappa shape index (κ1) is 11.0. The first-order valence-corrected chi connectivity index (χ1v) is 5.49. The van der Waals surface area contributed by atoms with E-state index in [9.17, 15) is 0 Å². The summed E-state index contributed by atoms with van der Waals surface area (Å²) in [6.07, 6.45) is 3.89. The van der Waals surface area contributed by atoms with Crippen LogP contribution in [0.15, 0.2) is 0 Å². The van der Waals surface area contributed by atoms with E-state index in [0.717, 1.165) is 25.0 Å². The van der Waals surface area contributed by atoms with Crippen LogP contribution in [0.3, 0.4) is 0 Å². The molecule has 2 atom stereocenters. The lowest BCUT2D eigenvalue weighted by atomic mass is 9.94. The Hall–Kier alpha value is -0.0800. The lowest BCUT2D eigenvalue weighted by molar-refractivity contribution is 0.182. The van der Waals surface area contributed by atoms with Gasteiger partial charge in [-0.05, 0) is 38.1 Å². The molecule has 1 aliphatic heterocycles. The maximum Gasteiger partial charge on any atom is 0.0495 e. The second-order valence-electron chi connectivity index (χ2n) is 4.45. The van der Waals surface area contributed by atoms with E-state index in [0.29, 0.717) is 6.04 Å². The molecule has 13 heavy (non-hydrogen) atoms. The summed E-state index contributed by atoms with van der Waals surface area (Å²) in [6.45, 7) is 6.55. The van der Waals surface area contributed by atoms with Gasteiger partial charge in [0.15, 0.2) is 0 Å². The van der Waals surface area contributed by atoms with Gasteiger partial charge in [-0.2, -0.15) is 0 Å². The average Bonchev–Trinajstić information content (AvgIpc) is 2.57. The molecule has 0 aromatic carbocycles. The molecule has 0 spiro atoms. The highest BCUT2D eigenvalue weighted by Gasteiger charge is 2.18. The average molecular weight is 185 g/mol. The summed E-state index contributed by atoms with van der Waals surface area (Å²) < 4.78 is 5.36. The molecule has 0 amide bonds. The van der Waals surface area contributed by atoms with Crippen molar-refractivity contribution < 1.29 is 4.74 Å². The topological polar surface area (TPSA) is 21.3 Å². The number of hydrogen-bond acceptors (Lipinski definition) is 2. The van der Waals surface area contributed by atoms with E-state index in [1.165, 1.54) is 19.3 Å². The second-order valence-corrected chi connectivity index (χ2v) is 4.45. The van der Waals surface area contributed by atoms with Crippen LogP contribution in [0, 0.1) is 11.8 Å². The van der Waals surface area contributed by atoms with Crippen LogP contribution in [0.25, 0.3) is 0 Å². The fourth-order valence-electron chi connectivity index (χ4n) is 2.04. The van der Waals surface area contributed by atoms with Crippen molar-refractivity contribution >= 4 is 0 Å². The minimum Gasteiger partial charge on any atom is -0.381 e. The Morgan fingerprint density at radius 1 is 1.46 bits per heavy atom. The first-order chi connectivity index (χ1) is 6.24. The zero-order chi connectivity index (χ0) is 9.68. The van der Waals surface area contributed by atoms with Gasteiger partial charge in [0.2, 0.25) is 0 Å². The van der Waals surface area contributed by atoms with Gasteiger partial charge in [0.25, 0.3) is 0 Å². The summed E-state index contributed by atoms with van der Waals surface area (Å²) >= 11 is 0. The fraction of sp³-hybridized carbons (Fsp3) is 1.00. The van der Waals surface area contributed by atoms with Gasteiger partial charge in [0, 0.05) is 19.3 Å². The molecular formula is C11H23NO. The van der Waals surface area contributed by atoms with Crippen molar-refractivity contribution in [2.75, 3.05) is 20.3 Å². The van der Waals surface area contributed by atoms with Crippen molar-refractivity contribution in [3.05, 3.63) is 0 Å². The molecule has 2 heteroatoms. The SMILES string of the molecule is CNC(CCC1CCOC1)C(C)C. The quantitative estimate of drug-likeness (QED) is 0.708. The van der Waals surface area contributed by atoms with Crippen LogP contribution in [0.2, 0.25) is 0 Å². The van der Waals surface area contributed by atoms with Crippen LogP contribution in [0.4, 0.5) is 0 Å². The molecule has 0 aromatic rings. The third kappa shape index (κ3) is 3.65. The van der Waals surface area contributed by atoms with Gasteiger partial charge in [0.05, 0.1) is 0 Å². The third-order valence-electron chi connectivity index (χ3n) is 3.09. The smallest absolute Gasteiger partial charge is 0.0495 e. The monoisotopic (exact) mass is 185 g/mol. The lowest BCUT2D eigenvalue weighted by Gasteiger charge is -2.21. The predicted molar refractivity (Wildman–Crippen MR) is 55.8 cm³/mol. The molecule has 0 radical (unpaired) electrons. The Labute approximate surface area is 82.0 Å². The highest BCUT2D eigenvalue weighted by atomic mass is 16.5. The van der Waals surface area contributed by atoms with Crippen LogP contribution >= 0.6 is 0 Å². The van der Waals surface area contributed by atoms with E-state index in [4.69, 9.17) is 4.74 Å². The summed E-state index contributed by atoms with van der Waals surface area (Å²) in [4.78, 5) is 0. The van der Waals surface area contributed by atoms with Crippen LogP contribution in [0.5, 0.6) is 0 Å². The largest absolute Gasteiger partial charge is 0.381 e. The first-order valence-electron chi connectivity index (χ1n) is 5.49. The molecule has 2 unspecified atom stereocenters. The number of hydrogen-bond donors (Lipinski definition) is 1.